The Bertz CT molecular complexity index is 1040. The van der Waals surface area contributed by atoms with E-state index in [-0.39, 0.29) is 5.91 Å². The predicted octanol–water partition coefficient (Wildman–Crippen LogP) is 3.54. The Morgan fingerprint density at radius 2 is 1.66 bits per heavy atom. The first-order valence-electron chi connectivity index (χ1n) is 9.99. The van der Waals surface area contributed by atoms with Gasteiger partial charge in [0, 0.05) is 19.6 Å². The Kier molecular flexibility index (Phi) is 5.66. The zero-order valence-corrected chi connectivity index (χ0v) is 16.2. The summed E-state index contributed by atoms with van der Waals surface area (Å²) in [6.07, 6.45) is 3.34. The first-order chi connectivity index (χ1) is 14.3. The Labute approximate surface area is 170 Å². The number of aromatic nitrogens is 2. The fourth-order valence-corrected chi connectivity index (χ4v) is 3.67. The minimum atomic E-state index is -1.01. The van der Waals surface area contributed by atoms with E-state index in [1.807, 2.05) is 54.6 Å². The number of rotatable bonds is 5. The summed E-state index contributed by atoms with van der Waals surface area (Å²) >= 11 is 0. The van der Waals surface area contributed by atoms with E-state index in [0.717, 1.165) is 37.0 Å². The molecular weight excluding hydrogens is 362 g/mol. The number of benzene rings is 2. The van der Waals surface area contributed by atoms with E-state index in [1.165, 1.54) is 6.42 Å². The number of carbonyl (C=O) groups is 1. The van der Waals surface area contributed by atoms with Gasteiger partial charge in [-0.1, -0.05) is 42.5 Å². The molecule has 0 unspecified atom stereocenters. The zero-order chi connectivity index (χ0) is 20.1. The summed E-state index contributed by atoms with van der Waals surface area (Å²) in [5.74, 6) is -0.697. The molecule has 1 fully saturated rings. The Hall–Kier alpha value is -3.46. The molecule has 0 spiro atoms. The summed E-state index contributed by atoms with van der Waals surface area (Å²) in [6, 6.07) is 19.4. The van der Waals surface area contributed by atoms with Gasteiger partial charge in [-0.3, -0.25) is 4.79 Å². The van der Waals surface area contributed by atoms with E-state index in [2.05, 4.69) is 16.3 Å². The number of nitrogens with one attached hydrogen (secondary N) is 1. The number of nitriles is 1. The van der Waals surface area contributed by atoms with Gasteiger partial charge in [0.2, 0.25) is 5.91 Å². The molecule has 2 aromatic carbocycles. The molecule has 1 aromatic heterocycles. The molecule has 1 aliphatic rings. The standard InChI is InChI=1S/C23H23N5O/c24-15-18(23(29)25-16-17-9-3-1-4-10-17)21-22(28-13-7-2-8-14-28)27-20-12-6-5-11-19(20)26-21/h1,3-6,9-12,18H,2,7-8,13-14,16H2,(H,25,29)/t18-/m0/s1. The average Bonchev–Trinajstić information content (AvgIpc) is 2.79. The van der Waals surface area contributed by atoms with Crippen LogP contribution < -0.4 is 10.2 Å². The van der Waals surface area contributed by atoms with Crippen molar-refractivity contribution in [1.29, 1.82) is 5.26 Å². The summed E-state index contributed by atoms with van der Waals surface area (Å²) in [6.45, 7) is 2.10. The van der Waals surface area contributed by atoms with Gasteiger partial charge >= 0.3 is 0 Å². The fraction of sp³-hybridized carbons (Fsp3) is 0.304. The first kappa shape index (κ1) is 18.9. The maximum absolute atomic E-state index is 12.9. The third-order valence-electron chi connectivity index (χ3n) is 5.21. The summed E-state index contributed by atoms with van der Waals surface area (Å²) < 4.78 is 0. The van der Waals surface area contributed by atoms with Crippen molar-refractivity contribution in [3.8, 4) is 6.07 Å². The third kappa shape index (κ3) is 4.19. The average molecular weight is 385 g/mol. The van der Waals surface area contributed by atoms with Crippen LogP contribution in [-0.4, -0.2) is 29.0 Å². The SMILES string of the molecule is N#C[C@H](C(=O)NCc1ccccc1)c1nc2ccccc2nc1N1CCCCC1. The lowest BCUT2D eigenvalue weighted by Crippen LogP contribution is -2.34. The lowest BCUT2D eigenvalue weighted by Gasteiger charge is -2.29. The molecular formula is C23H23N5O. The molecule has 2 heterocycles. The van der Waals surface area contributed by atoms with E-state index in [9.17, 15) is 10.1 Å². The summed E-state index contributed by atoms with van der Waals surface area (Å²) in [5.41, 5.74) is 2.90. The van der Waals surface area contributed by atoms with Gasteiger partial charge in [0.1, 0.15) is 5.69 Å². The Balaban J connectivity index is 1.67. The van der Waals surface area contributed by atoms with Crippen molar-refractivity contribution in [3.63, 3.8) is 0 Å². The van der Waals surface area contributed by atoms with E-state index < -0.39 is 5.92 Å². The molecule has 4 rings (SSSR count). The maximum Gasteiger partial charge on any atom is 0.243 e. The number of amides is 1. The van der Waals surface area contributed by atoms with Crippen molar-refractivity contribution in [2.45, 2.75) is 31.7 Å². The Morgan fingerprint density at radius 1 is 1.00 bits per heavy atom. The van der Waals surface area contributed by atoms with Crippen LogP contribution in [-0.2, 0) is 11.3 Å². The minimum absolute atomic E-state index is 0.348. The number of fused-ring (bicyclic) bond motifs is 1. The molecule has 0 aliphatic carbocycles. The molecule has 3 aromatic rings. The molecule has 0 bridgehead atoms. The topological polar surface area (TPSA) is 81.9 Å². The van der Waals surface area contributed by atoms with Crippen LogP contribution in [0.2, 0.25) is 0 Å². The molecule has 29 heavy (non-hydrogen) atoms. The molecule has 1 N–H and O–H groups in total. The van der Waals surface area contributed by atoms with Crippen molar-refractivity contribution in [2.24, 2.45) is 0 Å². The zero-order valence-electron chi connectivity index (χ0n) is 16.2. The summed E-state index contributed by atoms with van der Waals surface area (Å²) in [7, 11) is 0. The molecule has 1 atom stereocenters. The lowest BCUT2D eigenvalue weighted by atomic mass is 10.0. The second-order valence-electron chi connectivity index (χ2n) is 7.23. The van der Waals surface area contributed by atoms with Crippen molar-refractivity contribution in [3.05, 3.63) is 65.9 Å². The smallest absolute Gasteiger partial charge is 0.243 e. The second-order valence-corrected chi connectivity index (χ2v) is 7.23. The van der Waals surface area contributed by atoms with E-state index in [1.54, 1.807) is 0 Å². The van der Waals surface area contributed by atoms with E-state index in [0.29, 0.717) is 23.6 Å². The van der Waals surface area contributed by atoms with Gasteiger partial charge in [0.25, 0.3) is 0 Å². The summed E-state index contributed by atoms with van der Waals surface area (Å²) in [4.78, 5) is 24.6. The van der Waals surface area contributed by atoms with Gasteiger partial charge in [-0.2, -0.15) is 5.26 Å². The minimum Gasteiger partial charge on any atom is -0.355 e. The van der Waals surface area contributed by atoms with Crippen LogP contribution in [0.1, 0.15) is 36.4 Å². The monoisotopic (exact) mass is 385 g/mol. The van der Waals surface area contributed by atoms with Gasteiger partial charge in [-0.15, -0.1) is 0 Å². The number of anilines is 1. The highest BCUT2D eigenvalue weighted by Crippen LogP contribution is 2.29. The van der Waals surface area contributed by atoms with Crippen LogP contribution in [0.5, 0.6) is 0 Å². The fourth-order valence-electron chi connectivity index (χ4n) is 3.67. The predicted molar refractivity (Wildman–Crippen MR) is 112 cm³/mol. The quantitative estimate of drug-likeness (QED) is 0.726. The first-order valence-corrected chi connectivity index (χ1v) is 9.99. The molecule has 6 nitrogen and oxygen atoms in total. The molecule has 1 saturated heterocycles. The van der Waals surface area contributed by atoms with Crippen molar-refractivity contribution in [2.75, 3.05) is 18.0 Å². The van der Waals surface area contributed by atoms with Crippen LogP contribution in [0.4, 0.5) is 5.82 Å². The van der Waals surface area contributed by atoms with Gasteiger partial charge in [0.05, 0.1) is 17.1 Å². The number of carbonyl (C=O) groups excluding carboxylic acids is 1. The van der Waals surface area contributed by atoms with Crippen LogP contribution in [0.3, 0.4) is 0 Å². The van der Waals surface area contributed by atoms with Crippen LogP contribution >= 0.6 is 0 Å². The van der Waals surface area contributed by atoms with Crippen LogP contribution in [0.15, 0.2) is 54.6 Å². The van der Waals surface area contributed by atoms with Gasteiger partial charge in [-0.25, -0.2) is 9.97 Å². The number of piperidine rings is 1. The lowest BCUT2D eigenvalue weighted by molar-refractivity contribution is -0.121. The van der Waals surface area contributed by atoms with Crippen molar-refractivity contribution >= 4 is 22.8 Å². The molecule has 6 heteroatoms. The molecule has 0 saturated carbocycles. The summed E-state index contributed by atoms with van der Waals surface area (Å²) in [5, 5.41) is 12.7. The molecule has 146 valence electrons. The number of nitrogens with zero attached hydrogens (tertiary/aromatic N) is 4. The van der Waals surface area contributed by atoms with Crippen LogP contribution in [0, 0.1) is 11.3 Å². The van der Waals surface area contributed by atoms with Gasteiger partial charge < -0.3 is 10.2 Å². The third-order valence-corrected chi connectivity index (χ3v) is 5.21. The highest BCUT2D eigenvalue weighted by molar-refractivity contribution is 5.88. The normalized spacial score (nSPS) is 14.9. The molecule has 1 amide bonds. The Morgan fingerprint density at radius 3 is 2.34 bits per heavy atom. The largest absolute Gasteiger partial charge is 0.355 e. The van der Waals surface area contributed by atoms with E-state index >= 15 is 0 Å². The van der Waals surface area contributed by atoms with Gasteiger partial charge in [-0.05, 0) is 37.0 Å². The maximum atomic E-state index is 12.9. The highest BCUT2D eigenvalue weighted by atomic mass is 16.1. The van der Waals surface area contributed by atoms with Crippen molar-refractivity contribution < 1.29 is 4.79 Å². The van der Waals surface area contributed by atoms with Gasteiger partial charge in [0.15, 0.2) is 11.7 Å². The number of para-hydroxylation sites is 2. The second kappa shape index (κ2) is 8.70. The number of hydrogen-bond donors (Lipinski definition) is 1. The highest BCUT2D eigenvalue weighted by Gasteiger charge is 2.29. The van der Waals surface area contributed by atoms with Crippen LogP contribution in [0.25, 0.3) is 11.0 Å². The van der Waals surface area contributed by atoms with Crippen molar-refractivity contribution in [1.82, 2.24) is 15.3 Å². The molecule has 1 aliphatic heterocycles. The number of hydrogen-bond acceptors (Lipinski definition) is 5. The molecule has 0 radical (unpaired) electrons. The van der Waals surface area contributed by atoms with E-state index in [4.69, 9.17) is 9.97 Å².